The zero-order chi connectivity index (χ0) is 11.4. The van der Waals surface area contributed by atoms with E-state index in [0.717, 1.165) is 15.8 Å². The van der Waals surface area contributed by atoms with Crippen LogP contribution in [0.15, 0.2) is 53.0 Å². The van der Waals surface area contributed by atoms with Crippen LogP contribution >= 0.6 is 15.9 Å². The lowest BCUT2D eigenvalue weighted by atomic mass is 10.2. The molecule has 2 nitrogen and oxygen atoms in total. The summed E-state index contributed by atoms with van der Waals surface area (Å²) >= 11 is 3.42. The van der Waals surface area contributed by atoms with Crippen molar-refractivity contribution in [2.24, 2.45) is 0 Å². The summed E-state index contributed by atoms with van der Waals surface area (Å²) in [5, 5.41) is 9.14. The van der Waals surface area contributed by atoms with Crippen molar-refractivity contribution >= 4 is 15.9 Å². The van der Waals surface area contributed by atoms with Crippen molar-refractivity contribution in [3.8, 4) is 11.5 Å². The van der Waals surface area contributed by atoms with Crippen molar-refractivity contribution in [2.75, 3.05) is 0 Å². The molecular weight excluding hydrogens is 268 g/mol. The highest BCUT2D eigenvalue weighted by Gasteiger charge is 1.99. The molecule has 0 spiro atoms. The number of hydrogen-bond acceptors (Lipinski definition) is 2. The lowest BCUT2D eigenvalue weighted by molar-refractivity contribution is 0.304. The minimum absolute atomic E-state index is 0.268. The molecule has 1 N–H and O–H groups in total. The van der Waals surface area contributed by atoms with Gasteiger partial charge in [0.05, 0.1) is 4.47 Å². The van der Waals surface area contributed by atoms with Crippen molar-refractivity contribution in [3.63, 3.8) is 0 Å². The third-order valence-electron chi connectivity index (χ3n) is 2.17. The van der Waals surface area contributed by atoms with Crippen molar-refractivity contribution in [2.45, 2.75) is 6.61 Å². The first kappa shape index (κ1) is 11.0. The summed E-state index contributed by atoms with van der Waals surface area (Å²) in [5.74, 6) is 1.08. The zero-order valence-corrected chi connectivity index (χ0v) is 10.1. The smallest absolute Gasteiger partial charge is 0.133 e. The predicted octanol–water partition coefficient (Wildman–Crippen LogP) is 3.73. The van der Waals surface area contributed by atoms with Crippen LogP contribution in [0.4, 0.5) is 0 Å². The number of benzene rings is 2. The van der Waals surface area contributed by atoms with Crippen LogP contribution in [0.3, 0.4) is 0 Å². The SMILES string of the molecule is Oc1ccc(COc2ccccc2Br)cc1. The molecule has 2 aromatic rings. The van der Waals surface area contributed by atoms with Crippen molar-refractivity contribution in [3.05, 3.63) is 58.6 Å². The molecule has 82 valence electrons. The van der Waals surface area contributed by atoms with E-state index >= 15 is 0 Å². The van der Waals surface area contributed by atoms with E-state index in [1.165, 1.54) is 0 Å². The minimum Gasteiger partial charge on any atom is -0.508 e. The molecule has 0 bridgehead atoms. The number of ether oxygens (including phenoxy) is 1. The topological polar surface area (TPSA) is 29.5 Å². The van der Waals surface area contributed by atoms with Gasteiger partial charge in [-0.15, -0.1) is 0 Å². The number of halogens is 1. The second kappa shape index (κ2) is 5.03. The van der Waals surface area contributed by atoms with E-state index in [1.807, 2.05) is 36.4 Å². The molecule has 0 saturated carbocycles. The predicted molar refractivity (Wildman–Crippen MR) is 66.6 cm³/mol. The Morgan fingerprint density at radius 2 is 1.69 bits per heavy atom. The standard InChI is InChI=1S/C13H11BrO2/c14-12-3-1-2-4-13(12)16-9-10-5-7-11(15)8-6-10/h1-8,15H,9H2. The van der Waals surface area contributed by atoms with Gasteiger partial charge in [0.1, 0.15) is 18.1 Å². The van der Waals surface area contributed by atoms with Gasteiger partial charge in [-0.25, -0.2) is 0 Å². The summed E-state index contributed by atoms with van der Waals surface area (Å²) in [6.45, 7) is 0.489. The molecular formula is C13H11BrO2. The molecule has 0 saturated heterocycles. The summed E-state index contributed by atoms with van der Waals surface area (Å²) in [6, 6.07) is 14.7. The first-order valence-electron chi connectivity index (χ1n) is 4.91. The summed E-state index contributed by atoms with van der Waals surface area (Å²) in [6.07, 6.45) is 0. The molecule has 0 aliphatic rings. The molecule has 0 fully saturated rings. The highest BCUT2D eigenvalue weighted by Crippen LogP contribution is 2.24. The van der Waals surface area contributed by atoms with E-state index in [-0.39, 0.29) is 5.75 Å². The fraction of sp³-hybridized carbons (Fsp3) is 0.0769. The average molecular weight is 279 g/mol. The van der Waals surface area contributed by atoms with Crippen LogP contribution < -0.4 is 4.74 Å². The Balaban J connectivity index is 2.02. The largest absolute Gasteiger partial charge is 0.508 e. The second-order valence-electron chi connectivity index (χ2n) is 3.39. The van der Waals surface area contributed by atoms with Crippen LogP contribution in [0.25, 0.3) is 0 Å². The quantitative estimate of drug-likeness (QED) is 0.927. The summed E-state index contributed by atoms with van der Waals surface area (Å²) in [5.41, 5.74) is 1.02. The Kier molecular flexibility index (Phi) is 3.47. The van der Waals surface area contributed by atoms with E-state index in [2.05, 4.69) is 15.9 Å². The lowest BCUT2D eigenvalue weighted by Gasteiger charge is -2.07. The lowest BCUT2D eigenvalue weighted by Crippen LogP contribution is -1.95. The number of hydrogen-bond donors (Lipinski definition) is 1. The van der Waals surface area contributed by atoms with E-state index < -0.39 is 0 Å². The number of phenolic OH excluding ortho intramolecular Hbond substituents is 1. The second-order valence-corrected chi connectivity index (χ2v) is 4.24. The van der Waals surface area contributed by atoms with Gasteiger partial charge < -0.3 is 9.84 Å². The number of phenols is 1. The van der Waals surface area contributed by atoms with Gasteiger partial charge in [-0.05, 0) is 45.8 Å². The first-order chi connectivity index (χ1) is 7.75. The number of para-hydroxylation sites is 1. The van der Waals surface area contributed by atoms with Crippen molar-refractivity contribution in [1.29, 1.82) is 0 Å². The highest BCUT2D eigenvalue weighted by molar-refractivity contribution is 9.10. The third-order valence-corrected chi connectivity index (χ3v) is 2.82. The maximum Gasteiger partial charge on any atom is 0.133 e. The maximum absolute atomic E-state index is 9.14. The molecule has 0 atom stereocenters. The summed E-state index contributed by atoms with van der Waals surface area (Å²) in [4.78, 5) is 0. The van der Waals surface area contributed by atoms with Gasteiger partial charge in [-0.3, -0.25) is 0 Å². The van der Waals surface area contributed by atoms with E-state index in [1.54, 1.807) is 12.1 Å². The molecule has 0 heterocycles. The Morgan fingerprint density at radius 3 is 2.38 bits per heavy atom. The molecule has 0 aliphatic heterocycles. The Bertz CT molecular complexity index is 466. The monoisotopic (exact) mass is 278 g/mol. The molecule has 0 aromatic heterocycles. The minimum atomic E-state index is 0.268. The van der Waals surface area contributed by atoms with Gasteiger partial charge in [0, 0.05) is 0 Å². The van der Waals surface area contributed by atoms with Gasteiger partial charge in [0.15, 0.2) is 0 Å². The van der Waals surface area contributed by atoms with Gasteiger partial charge in [0.25, 0.3) is 0 Å². The van der Waals surface area contributed by atoms with Crippen LogP contribution in [-0.4, -0.2) is 5.11 Å². The summed E-state index contributed by atoms with van der Waals surface area (Å²) < 4.78 is 6.57. The van der Waals surface area contributed by atoms with Crippen LogP contribution in [0.1, 0.15) is 5.56 Å². The molecule has 16 heavy (non-hydrogen) atoms. The molecule has 0 amide bonds. The van der Waals surface area contributed by atoms with E-state index in [4.69, 9.17) is 9.84 Å². The van der Waals surface area contributed by atoms with Gasteiger partial charge in [0.2, 0.25) is 0 Å². The molecule has 0 aliphatic carbocycles. The molecule has 2 rings (SSSR count). The molecule has 2 aromatic carbocycles. The first-order valence-corrected chi connectivity index (χ1v) is 5.70. The maximum atomic E-state index is 9.14. The van der Waals surface area contributed by atoms with Crippen molar-refractivity contribution < 1.29 is 9.84 Å². The fourth-order valence-corrected chi connectivity index (χ4v) is 1.71. The number of aromatic hydroxyl groups is 1. The highest BCUT2D eigenvalue weighted by atomic mass is 79.9. The Hall–Kier alpha value is -1.48. The zero-order valence-electron chi connectivity index (χ0n) is 8.56. The fourth-order valence-electron chi connectivity index (χ4n) is 1.32. The van der Waals surface area contributed by atoms with Crippen LogP contribution in [0.5, 0.6) is 11.5 Å². The van der Waals surface area contributed by atoms with Crippen LogP contribution in [0, 0.1) is 0 Å². The summed E-state index contributed by atoms with van der Waals surface area (Å²) in [7, 11) is 0. The van der Waals surface area contributed by atoms with E-state index in [0.29, 0.717) is 6.61 Å². The molecule has 0 radical (unpaired) electrons. The van der Waals surface area contributed by atoms with Gasteiger partial charge in [-0.1, -0.05) is 24.3 Å². The van der Waals surface area contributed by atoms with Crippen LogP contribution in [0.2, 0.25) is 0 Å². The molecule has 3 heteroatoms. The normalized spacial score (nSPS) is 10.1. The Morgan fingerprint density at radius 1 is 1.00 bits per heavy atom. The van der Waals surface area contributed by atoms with Crippen molar-refractivity contribution in [1.82, 2.24) is 0 Å². The van der Waals surface area contributed by atoms with Crippen LogP contribution in [-0.2, 0) is 6.61 Å². The van der Waals surface area contributed by atoms with Gasteiger partial charge >= 0.3 is 0 Å². The molecule has 0 unspecified atom stereocenters. The Labute approximate surface area is 103 Å². The van der Waals surface area contributed by atoms with E-state index in [9.17, 15) is 0 Å². The van der Waals surface area contributed by atoms with Gasteiger partial charge in [-0.2, -0.15) is 0 Å². The number of rotatable bonds is 3. The third kappa shape index (κ3) is 2.76. The average Bonchev–Trinajstić information content (AvgIpc) is 2.30.